The zero-order valence-corrected chi connectivity index (χ0v) is 11.9. The molecule has 3 N–H and O–H groups in total. The fraction of sp³-hybridized carbons (Fsp3) is 0.0714. The van der Waals surface area contributed by atoms with E-state index in [0.717, 1.165) is 0 Å². The minimum atomic E-state index is -1.58. The van der Waals surface area contributed by atoms with Crippen molar-refractivity contribution < 1.29 is 19.9 Å². The van der Waals surface area contributed by atoms with Gasteiger partial charge in [0.1, 0.15) is 17.2 Å². The molecule has 0 spiro atoms. The first kappa shape index (κ1) is 15.4. The highest BCUT2D eigenvalue weighted by atomic mass is 35.5. The van der Waals surface area contributed by atoms with Crippen LogP contribution in [0, 0.1) is 0 Å². The van der Waals surface area contributed by atoms with E-state index in [4.69, 9.17) is 16.3 Å². The fourth-order valence-electron chi connectivity index (χ4n) is 1.75. The zero-order chi connectivity index (χ0) is 15.4. The van der Waals surface area contributed by atoms with E-state index in [9.17, 15) is 15.2 Å². The lowest BCUT2D eigenvalue weighted by molar-refractivity contribution is 0.413. The van der Waals surface area contributed by atoms with Crippen LogP contribution in [-0.2, 0) is 0 Å². The summed E-state index contributed by atoms with van der Waals surface area (Å²) in [6.45, 7) is 0. The van der Waals surface area contributed by atoms with E-state index >= 15 is 0 Å². The highest BCUT2D eigenvalue weighted by Gasteiger charge is 2.13. The molecule has 2 aromatic carbocycles. The number of benzene rings is 2. The van der Waals surface area contributed by atoms with Crippen molar-refractivity contribution in [2.75, 3.05) is 7.11 Å². The summed E-state index contributed by atoms with van der Waals surface area (Å²) in [4.78, 5) is 4.14. The minimum Gasteiger partial charge on any atom is -0.506 e. The molecular formula is C14H13BClNO4. The third-order valence-corrected chi connectivity index (χ3v) is 3.07. The summed E-state index contributed by atoms with van der Waals surface area (Å²) in [5, 5.41) is 28.5. The number of aromatic hydroxyl groups is 1. The van der Waals surface area contributed by atoms with Crippen LogP contribution < -0.4 is 10.2 Å². The lowest BCUT2D eigenvalue weighted by atomic mass is 9.79. The zero-order valence-electron chi connectivity index (χ0n) is 11.2. The molecule has 0 bridgehead atoms. The van der Waals surface area contributed by atoms with Crippen molar-refractivity contribution in [3.8, 4) is 11.5 Å². The summed E-state index contributed by atoms with van der Waals surface area (Å²) < 4.78 is 5.18. The van der Waals surface area contributed by atoms with Crippen LogP contribution in [0.15, 0.2) is 41.4 Å². The average molecular weight is 306 g/mol. The second kappa shape index (κ2) is 6.63. The molecule has 21 heavy (non-hydrogen) atoms. The summed E-state index contributed by atoms with van der Waals surface area (Å²) in [5.74, 6) is 0.512. The molecule has 0 amide bonds. The Balaban J connectivity index is 2.39. The van der Waals surface area contributed by atoms with Crippen LogP contribution in [0.25, 0.3) is 0 Å². The largest absolute Gasteiger partial charge is 0.506 e. The number of nitrogens with zero attached hydrogens (tertiary/aromatic N) is 1. The van der Waals surface area contributed by atoms with Crippen LogP contribution in [0.2, 0.25) is 5.02 Å². The van der Waals surface area contributed by atoms with E-state index < -0.39 is 7.12 Å². The van der Waals surface area contributed by atoms with Crippen molar-refractivity contribution in [3.05, 3.63) is 47.0 Å². The lowest BCUT2D eigenvalue weighted by Gasteiger charge is -2.07. The standard InChI is InChI=1S/C14H13BClNO4/c1-21-14-5-2-10(15(19)20)6-9(14)8-17-12-7-11(16)3-4-13(12)18/h2-8,18-20H,1H3. The van der Waals surface area contributed by atoms with Gasteiger partial charge >= 0.3 is 7.12 Å². The van der Waals surface area contributed by atoms with Crippen molar-refractivity contribution in [1.29, 1.82) is 0 Å². The predicted octanol–water partition coefficient (Wildman–Crippen LogP) is 1.48. The Labute approximate surface area is 127 Å². The molecule has 0 unspecified atom stereocenters. The van der Waals surface area contributed by atoms with Crippen molar-refractivity contribution in [2.45, 2.75) is 0 Å². The van der Waals surface area contributed by atoms with Crippen LogP contribution in [0.1, 0.15) is 5.56 Å². The molecule has 0 aliphatic heterocycles. The quantitative estimate of drug-likeness (QED) is 0.590. The normalized spacial score (nSPS) is 10.9. The fourth-order valence-corrected chi connectivity index (χ4v) is 1.92. The van der Waals surface area contributed by atoms with Gasteiger partial charge in [-0.15, -0.1) is 0 Å². The molecule has 0 saturated heterocycles. The van der Waals surface area contributed by atoms with E-state index in [0.29, 0.717) is 27.5 Å². The maximum Gasteiger partial charge on any atom is 0.488 e. The Hall–Kier alpha value is -2.02. The smallest absolute Gasteiger partial charge is 0.488 e. The first-order valence-corrected chi connectivity index (χ1v) is 6.45. The Kier molecular flexibility index (Phi) is 4.85. The van der Waals surface area contributed by atoms with Gasteiger partial charge in [0.05, 0.1) is 7.11 Å². The number of hydrogen-bond donors (Lipinski definition) is 3. The molecule has 0 aromatic heterocycles. The van der Waals surface area contributed by atoms with Gasteiger partial charge in [0.25, 0.3) is 0 Å². The molecule has 5 nitrogen and oxygen atoms in total. The van der Waals surface area contributed by atoms with E-state index in [-0.39, 0.29) is 5.75 Å². The lowest BCUT2D eigenvalue weighted by Crippen LogP contribution is -2.30. The SMILES string of the molecule is COc1ccc(B(O)O)cc1C=Nc1cc(Cl)ccc1O. The van der Waals surface area contributed by atoms with E-state index in [1.807, 2.05) is 0 Å². The third-order valence-electron chi connectivity index (χ3n) is 2.83. The van der Waals surface area contributed by atoms with Gasteiger partial charge in [-0.1, -0.05) is 17.7 Å². The highest BCUT2D eigenvalue weighted by Crippen LogP contribution is 2.29. The molecule has 0 fully saturated rings. The number of phenolic OH excluding ortho intramolecular Hbond substituents is 1. The summed E-state index contributed by atoms with van der Waals surface area (Å²) in [7, 11) is -0.0823. The van der Waals surface area contributed by atoms with Crippen molar-refractivity contribution in [1.82, 2.24) is 0 Å². The molecule has 0 radical (unpaired) electrons. The van der Waals surface area contributed by atoms with Gasteiger partial charge in [0, 0.05) is 16.8 Å². The second-order valence-corrected chi connectivity index (χ2v) is 4.70. The Morgan fingerprint density at radius 1 is 1.19 bits per heavy atom. The molecule has 2 aromatic rings. The summed E-state index contributed by atoms with van der Waals surface area (Å²) in [5.41, 5.74) is 1.16. The van der Waals surface area contributed by atoms with Crippen LogP contribution in [-0.4, -0.2) is 35.6 Å². The first-order valence-electron chi connectivity index (χ1n) is 6.08. The Morgan fingerprint density at radius 2 is 1.95 bits per heavy atom. The second-order valence-electron chi connectivity index (χ2n) is 4.27. The van der Waals surface area contributed by atoms with Crippen LogP contribution in [0.5, 0.6) is 11.5 Å². The van der Waals surface area contributed by atoms with Gasteiger partial charge in [-0.25, -0.2) is 0 Å². The van der Waals surface area contributed by atoms with Crippen LogP contribution >= 0.6 is 11.6 Å². The third kappa shape index (κ3) is 3.75. The number of hydrogen-bond acceptors (Lipinski definition) is 5. The van der Waals surface area contributed by atoms with Gasteiger partial charge in [0.15, 0.2) is 0 Å². The number of methoxy groups -OCH3 is 1. The summed E-state index contributed by atoms with van der Waals surface area (Å²) >= 11 is 5.85. The molecule has 0 saturated carbocycles. The van der Waals surface area contributed by atoms with E-state index in [2.05, 4.69) is 4.99 Å². The molecule has 0 aliphatic rings. The molecule has 7 heteroatoms. The summed E-state index contributed by atoms with van der Waals surface area (Å²) in [6.07, 6.45) is 1.45. The van der Waals surface area contributed by atoms with Crippen molar-refractivity contribution in [3.63, 3.8) is 0 Å². The van der Waals surface area contributed by atoms with E-state index in [1.165, 1.54) is 37.6 Å². The van der Waals surface area contributed by atoms with Crippen molar-refractivity contribution in [2.24, 2.45) is 4.99 Å². The molecule has 2 rings (SSSR count). The van der Waals surface area contributed by atoms with Crippen LogP contribution in [0.4, 0.5) is 5.69 Å². The van der Waals surface area contributed by atoms with Crippen molar-refractivity contribution >= 4 is 36.1 Å². The first-order chi connectivity index (χ1) is 10.0. The maximum absolute atomic E-state index is 9.70. The highest BCUT2D eigenvalue weighted by molar-refractivity contribution is 6.58. The molecular weight excluding hydrogens is 292 g/mol. The number of phenols is 1. The van der Waals surface area contributed by atoms with Gasteiger partial charge in [-0.3, -0.25) is 4.99 Å². The monoisotopic (exact) mass is 305 g/mol. The van der Waals surface area contributed by atoms with Gasteiger partial charge in [-0.2, -0.15) is 0 Å². The Morgan fingerprint density at radius 3 is 2.62 bits per heavy atom. The average Bonchev–Trinajstić information content (AvgIpc) is 2.47. The van der Waals surface area contributed by atoms with Gasteiger partial charge in [-0.05, 0) is 35.8 Å². The number of halogens is 1. The van der Waals surface area contributed by atoms with Crippen LogP contribution in [0.3, 0.4) is 0 Å². The minimum absolute atomic E-state index is 0.00651. The summed E-state index contributed by atoms with van der Waals surface area (Å²) in [6, 6.07) is 9.20. The number of rotatable bonds is 4. The maximum atomic E-state index is 9.70. The molecule has 108 valence electrons. The van der Waals surface area contributed by atoms with Gasteiger partial charge < -0.3 is 19.9 Å². The molecule has 0 atom stereocenters. The molecule has 0 aliphatic carbocycles. The topological polar surface area (TPSA) is 82.3 Å². The predicted molar refractivity (Wildman–Crippen MR) is 83.2 cm³/mol. The number of ether oxygens (including phenoxy) is 1. The van der Waals surface area contributed by atoms with Gasteiger partial charge in [0.2, 0.25) is 0 Å². The molecule has 0 heterocycles. The van der Waals surface area contributed by atoms with E-state index in [1.54, 1.807) is 12.1 Å². The Bertz CT molecular complexity index is 676. The number of aliphatic imine (C=N–C) groups is 1.